The van der Waals surface area contributed by atoms with Gasteiger partial charge < -0.3 is 15.0 Å². The molecule has 0 aromatic heterocycles. The number of hydrogen-bond acceptors (Lipinski definition) is 3. The Kier molecular flexibility index (Phi) is 6.63. The third-order valence-electron chi connectivity index (χ3n) is 4.56. The van der Waals surface area contributed by atoms with Crippen molar-refractivity contribution in [3.63, 3.8) is 0 Å². The SMILES string of the molecule is CNC(=O)c1ccc(CN(C)C(=O)c2ccc(OCc3ccccc3)cc2)cc1. The van der Waals surface area contributed by atoms with E-state index in [0.717, 1.165) is 16.9 Å². The molecule has 2 amide bonds. The van der Waals surface area contributed by atoms with Gasteiger partial charge in [0.05, 0.1) is 0 Å². The van der Waals surface area contributed by atoms with E-state index in [4.69, 9.17) is 4.74 Å². The third kappa shape index (κ3) is 5.45. The maximum Gasteiger partial charge on any atom is 0.253 e. The molecule has 0 aliphatic carbocycles. The average molecular weight is 388 g/mol. The summed E-state index contributed by atoms with van der Waals surface area (Å²) in [7, 11) is 3.36. The molecular weight excluding hydrogens is 364 g/mol. The molecule has 29 heavy (non-hydrogen) atoms. The normalized spacial score (nSPS) is 10.3. The molecule has 3 aromatic rings. The van der Waals surface area contributed by atoms with Gasteiger partial charge in [-0.1, -0.05) is 42.5 Å². The van der Waals surface area contributed by atoms with Gasteiger partial charge in [-0.15, -0.1) is 0 Å². The number of benzene rings is 3. The second-order valence-corrected chi connectivity index (χ2v) is 6.74. The Morgan fingerprint density at radius 1 is 0.828 bits per heavy atom. The van der Waals surface area contributed by atoms with Crippen molar-refractivity contribution >= 4 is 11.8 Å². The van der Waals surface area contributed by atoms with Gasteiger partial charge in [0.1, 0.15) is 12.4 Å². The maximum atomic E-state index is 12.7. The van der Waals surface area contributed by atoms with E-state index in [0.29, 0.717) is 24.3 Å². The van der Waals surface area contributed by atoms with Crippen LogP contribution in [-0.4, -0.2) is 30.8 Å². The summed E-state index contributed by atoms with van der Waals surface area (Å²) < 4.78 is 5.77. The number of hydrogen-bond donors (Lipinski definition) is 1. The van der Waals surface area contributed by atoms with Gasteiger partial charge >= 0.3 is 0 Å². The molecule has 0 heterocycles. The predicted molar refractivity (Wildman–Crippen MR) is 113 cm³/mol. The standard InChI is InChI=1S/C24H24N2O3/c1-25-23(27)20-10-8-18(9-11-20)16-26(2)24(28)21-12-14-22(15-13-21)29-17-19-6-4-3-5-7-19/h3-15H,16-17H2,1-2H3,(H,25,27). The highest BCUT2D eigenvalue weighted by molar-refractivity contribution is 5.94. The van der Waals surface area contributed by atoms with Gasteiger partial charge in [-0.25, -0.2) is 0 Å². The maximum absolute atomic E-state index is 12.7. The molecule has 0 spiro atoms. The quantitative estimate of drug-likeness (QED) is 0.668. The third-order valence-corrected chi connectivity index (χ3v) is 4.56. The lowest BCUT2D eigenvalue weighted by Gasteiger charge is -2.18. The van der Waals surface area contributed by atoms with Crippen LogP contribution in [0, 0.1) is 0 Å². The first-order chi connectivity index (χ1) is 14.1. The highest BCUT2D eigenvalue weighted by Crippen LogP contribution is 2.16. The summed E-state index contributed by atoms with van der Waals surface area (Å²) >= 11 is 0. The molecule has 0 unspecified atom stereocenters. The molecule has 0 fully saturated rings. The zero-order valence-corrected chi connectivity index (χ0v) is 16.6. The largest absolute Gasteiger partial charge is 0.489 e. The lowest BCUT2D eigenvalue weighted by atomic mass is 10.1. The Bertz CT molecular complexity index is 952. The fraction of sp³-hybridized carbons (Fsp3) is 0.167. The minimum absolute atomic E-state index is 0.0741. The molecule has 0 saturated heterocycles. The predicted octanol–water partition coefficient (Wildman–Crippen LogP) is 3.90. The van der Waals surface area contributed by atoms with Crippen molar-refractivity contribution in [2.24, 2.45) is 0 Å². The van der Waals surface area contributed by atoms with Crippen LogP contribution in [-0.2, 0) is 13.2 Å². The van der Waals surface area contributed by atoms with Gasteiger partial charge in [0.2, 0.25) is 0 Å². The van der Waals surface area contributed by atoms with E-state index in [2.05, 4.69) is 5.32 Å². The molecule has 0 saturated carbocycles. The number of ether oxygens (including phenoxy) is 1. The molecule has 148 valence electrons. The number of nitrogens with one attached hydrogen (secondary N) is 1. The van der Waals surface area contributed by atoms with E-state index in [-0.39, 0.29) is 11.8 Å². The van der Waals surface area contributed by atoms with Gasteiger partial charge in [-0.05, 0) is 47.5 Å². The molecule has 5 nitrogen and oxygen atoms in total. The average Bonchev–Trinajstić information content (AvgIpc) is 2.78. The van der Waals surface area contributed by atoms with Crippen LogP contribution in [0.1, 0.15) is 31.8 Å². The van der Waals surface area contributed by atoms with Crippen LogP contribution in [0.25, 0.3) is 0 Å². The summed E-state index contributed by atoms with van der Waals surface area (Å²) in [5, 5.41) is 2.59. The first kappa shape index (κ1) is 20.1. The summed E-state index contributed by atoms with van der Waals surface area (Å²) in [4.78, 5) is 25.9. The van der Waals surface area contributed by atoms with E-state index < -0.39 is 0 Å². The molecule has 0 atom stereocenters. The van der Waals surface area contributed by atoms with Crippen LogP contribution >= 0.6 is 0 Å². The minimum Gasteiger partial charge on any atom is -0.489 e. The van der Waals surface area contributed by atoms with E-state index in [1.807, 2.05) is 54.6 Å². The molecule has 1 N–H and O–H groups in total. The van der Waals surface area contributed by atoms with Crippen molar-refractivity contribution in [3.05, 3.63) is 101 Å². The van der Waals surface area contributed by atoms with Crippen molar-refractivity contribution in [1.29, 1.82) is 0 Å². The van der Waals surface area contributed by atoms with E-state index in [1.54, 1.807) is 43.3 Å². The number of carbonyl (C=O) groups is 2. The van der Waals surface area contributed by atoms with Crippen molar-refractivity contribution in [2.45, 2.75) is 13.2 Å². The Morgan fingerprint density at radius 3 is 2.07 bits per heavy atom. The van der Waals surface area contributed by atoms with Gasteiger partial charge in [-0.3, -0.25) is 9.59 Å². The summed E-state index contributed by atoms with van der Waals surface area (Å²) in [6.07, 6.45) is 0. The molecule has 0 radical (unpaired) electrons. The first-order valence-corrected chi connectivity index (χ1v) is 9.40. The smallest absolute Gasteiger partial charge is 0.253 e. The lowest BCUT2D eigenvalue weighted by Crippen LogP contribution is -2.26. The monoisotopic (exact) mass is 388 g/mol. The van der Waals surface area contributed by atoms with Gasteiger partial charge in [0.25, 0.3) is 11.8 Å². The van der Waals surface area contributed by atoms with Crippen LogP contribution in [0.2, 0.25) is 0 Å². The molecular formula is C24H24N2O3. The van der Waals surface area contributed by atoms with Crippen LogP contribution in [0.15, 0.2) is 78.9 Å². The summed E-state index contributed by atoms with van der Waals surface area (Å²) in [6, 6.07) is 24.3. The zero-order valence-electron chi connectivity index (χ0n) is 16.6. The molecule has 3 aromatic carbocycles. The van der Waals surface area contributed by atoms with Crippen LogP contribution in [0.4, 0.5) is 0 Å². The van der Waals surface area contributed by atoms with Crippen molar-refractivity contribution in [3.8, 4) is 5.75 Å². The van der Waals surface area contributed by atoms with E-state index in [9.17, 15) is 9.59 Å². The van der Waals surface area contributed by atoms with Gasteiger partial charge in [-0.2, -0.15) is 0 Å². The first-order valence-electron chi connectivity index (χ1n) is 9.40. The van der Waals surface area contributed by atoms with Gasteiger partial charge in [0.15, 0.2) is 0 Å². The lowest BCUT2D eigenvalue weighted by molar-refractivity contribution is 0.0784. The van der Waals surface area contributed by atoms with Crippen molar-refractivity contribution in [2.75, 3.05) is 14.1 Å². The fourth-order valence-electron chi connectivity index (χ4n) is 2.91. The second-order valence-electron chi connectivity index (χ2n) is 6.74. The number of carbonyl (C=O) groups excluding carboxylic acids is 2. The Balaban J connectivity index is 1.57. The molecule has 5 heteroatoms. The Hall–Kier alpha value is -3.60. The highest BCUT2D eigenvalue weighted by atomic mass is 16.5. The summed E-state index contributed by atoms with van der Waals surface area (Å²) in [5.41, 5.74) is 3.24. The Labute approximate surface area is 170 Å². The van der Waals surface area contributed by atoms with Crippen LogP contribution in [0.5, 0.6) is 5.75 Å². The van der Waals surface area contributed by atoms with Crippen LogP contribution < -0.4 is 10.1 Å². The fourth-order valence-corrected chi connectivity index (χ4v) is 2.91. The number of rotatable bonds is 7. The van der Waals surface area contributed by atoms with Crippen molar-refractivity contribution < 1.29 is 14.3 Å². The topological polar surface area (TPSA) is 58.6 Å². The number of amides is 2. The summed E-state index contributed by atoms with van der Waals surface area (Å²) in [6.45, 7) is 0.944. The van der Waals surface area contributed by atoms with E-state index >= 15 is 0 Å². The highest BCUT2D eigenvalue weighted by Gasteiger charge is 2.13. The molecule has 0 aliphatic heterocycles. The molecule has 0 bridgehead atoms. The van der Waals surface area contributed by atoms with Crippen molar-refractivity contribution in [1.82, 2.24) is 10.2 Å². The molecule has 0 aliphatic rings. The van der Waals surface area contributed by atoms with Gasteiger partial charge in [0, 0.05) is 31.8 Å². The number of nitrogens with zero attached hydrogens (tertiary/aromatic N) is 1. The summed E-state index contributed by atoms with van der Waals surface area (Å²) in [5.74, 6) is 0.517. The Morgan fingerprint density at radius 2 is 1.45 bits per heavy atom. The van der Waals surface area contributed by atoms with E-state index in [1.165, 1.54) is 0 Å². The minimum atomic E-state index is -0.129. The zero-order chi connectivity index (χ0) is 20.6. The molecule has 3 rings (SSSR count). The van der Waals surface area contributed by atoms with Crippen LogP contribution in [0.3, 0.4) is 0 Å². The second kappa shape index (κ2) is 9.55.